The molecule has 2 atom stereocenters. The second-order valence-electron chi connectivity index (χ2n) is 6.79. The molecule has 3 rings (SSSR count). The lowest BCUT2D eigenvalue weighted by molar-refractivity contribution is -0.259. The van der Waals surface area contributed by atoms with Gasteiger partial charge in [-0.15, -0.1) is 11.8 Å². The third-order valence-corrected chi connectivity index (χ3v) is 8.22. The Kier molecular flexibility index (Phi) is 6.92. The summed E-state index contributed by atoms with van der Waals surface area (Å²) in [5.74, 6) is -4.45. The third kappa shape index (κ3) is 4.29. The number of likely N-dealkylation sites (N-methyl/N-ethyl adjacent to an activating group) is 1. The van der Waals surface area contributed by atoms with E-state index >= 15 is 0 Å². The molecule has 0 spiro atoms. The maximum atomic E-state index is 13.4. The number of hydrogen-bond donors (Lipinski definition) is 1. The molecule has 0 saturated carbocycles. The number of nitrogens with zero attached hydrogens (tertiary/aromatic N) is 3. The SMILES string of the molecule is CN(C1CCNC1)[C@]1(N(OC(=O)C(F)(F)F)S(=O)(=O)c2ccccc2)CSCN1Cl. The Morgan fingerprint density at radius 2 is 2.03 bits per heavy atom. The van der Waals surface area contributed by atoms with Crippen LogP contribution in [0.5, 0.6) is 0 Å². The topological polar surface area (TPSA) is 82.2 Å². The molecule has 14 heteroatoms. The summed E-state index contributed by atoms with van der Waals surface area (Å²) in [6, 6.07) is 6.54. The first-order valence-electron chi connectivity index (χ1n) is 8.85. The number of halogens is 4. The summed E-state index contributed by atoms with van der Waals surface area (Å²) in [5.41, 5.74) is 0. The molecule has 1 unspecified atom stereocenters. The summed E-state index contributed by atoms with van der Waals surface area (Å²) >= 11 is 7.57. The van der Waals surface area contributed by atoms with Gasteiger partial charge in [0.05, 0.1) is 10.8 Å². The fourth-order valence-corrected chi connectivity index (χ4v) is 6.77. The van der Waals surface area contributed by atoms with Gasteiger partial charge >= 0.3 is 12.1 Å². The van der Waals surface area contributed by atoms with Gasteiger partial charge in [-0.1, -0.05) is 18.2 Å². The van der Waals surface area contributed by atoms with Crippen LogP contribution in [0, 0.1) is 0 Å². The maximum absolute atomic E-state index is 13.4. The first kappa shape index (κ1) is 23.6. The zero-order chi connectivity index (χ0) is 22.2. The highest BCUT2D eigenvalue weighted by Crippen LogP contribution is 2.42. The van der Waals surface area contributed by atoms with Gasteiger partial charge in [0.15, 0.2) is 0 Å². The Balaban J connectivity index is 2.14. The maximum Gasteiger partial charge on any atom is 0.492 e. The van der Waals surface area contributed by atoms with E-state index in [1.54, 1.807) is 18.0 Å². The van der Waals surface area contributed by atoms with E-state index in [-0.39, 0.29) is 27.0 Å². The number of rotatable bonds is 6. The van der Waals surface area contributed by atoms with Crippen LogP contribution in [0.2, 0.25) is 0 Å². The van der Waals surface area contributed by atoms with E-state index in [2.05, 4.69) is 10.2 Å². The van der Waals surface area contributed by atoms with Gasteiger partial charge in [-0.3, -0.25) is 4.90 Å². The standard InChI is InChI=1S/C16H20ClF3N4O4S2/c1-22(12-7-8-21-9-12)15(10-29-11-23(15)17)24(28-14(25)16(18,19)20)30(26,27)13-5-3-2-4-6-13/h2-6,12,21H,7-11H2,1H3/t12?,15-/m1/s1. The van der Waals surface area contributed by atoms with Crippen LogP contribution in [0.1, 0.15) is 6.42 Å². The zero-order valence-electron chi connectivity index (χ0n) is 15.8. The molecule has 0 amide bonds. The van der Waals surface area contributed by atoms with Crippen LogP contribution in [0.4, 0.5) is 13.2 Å². The highest BCUT2D eigenvalue weighted by molar-refractivity contribution is 7.99. The van der Waals surface area contributed by atoms with E-state index < -0.39 is 28.0 Å². The fourth-order valence-electron chi connectivity index (χ4n) is 3.37. The molecule has 0 bridgehead atoms. The van der Waals surface area contributed by atoms with Gasteiger partial charge in [0.1, 0.15) is 0 Å². The van der Waals surface area contributed by atoms with Crippen LogP contribution in [0.15, 0.2) is 35.2 Å². The second-order valence-corrected chi connectivity index (χ2v) is 9.91. The van der Waals surface area contributed by atoms with E-state index in [0.717, 1.165) is 4.42 Å². The number of hydroxylamine groups is 1. The third-order valence-electron chi connectivity index (χ3n) is 4.98. The fraction of sp³-hybridized carbons (Fsp3) is 0.562. The molecule has 0 aliphatic carbocycles. The number of carbonyl (C=O) groups excluding carboxylic acids is 1. The van der Waals surface area contributed by atoms with Crippen molar-refractivity contribution in [2.45, 2.75) is 29.3 Å². The Hall–Kier alpha value is -1.09. The Morgan fingerprint density at radius 3 is 2.53 bits per heavy atom. The number of sulfonamides is 1. The largest absolute Gasteiger partial charge is 0.492 e. The van der Waals surface area contributed by atoms with Crippen molar-refractivity contribution in [2.24, 2.45) is 0 Å². The molecule has 2 heterocycles. The molecule has 8 nitrogen and oxygen atoms in total. The number of benzene rings is 1. The van der Waals surface area contributed by atoms with Gasteiger partial charge in [0.25, 0.3) is 10.0 Å². The van der Waals surface area contributed by atoms with Crippen molar-refractivity contribution in [1.82, 2.24) is 19.1 Å². The zero-order valence-corrected chi connectivity index (χ0v) is 18.2. The average Bonchev–Trinajstić information content (AvgIpc) is 3.36. The van der Waals surface area contributed by atoms with Gasteiger partial charge in [-0.25, -0.2) is 13.2 Å². The molecule has 1 aromatic rings. The van der Waals surface area contributed by atoms with E-state index in [1.807, 2.05) is 0 Å². The minimum Gasteiger partial charge on any atom is -0.342 e. The molecule has 2 fully saturated rings. The number of alkyl halides is 3. The summed E-state index contributed by atoms with van der Waals surface area (Å²) in [6.07, 6.45) is -4.79. The lowest BCUT2D eigenvalue weighted by Crippen LogP contribution is -2.69. The average molecular weight is 489 g/mol. The van der Waals surface area contributed by atoms with Crippen molar-refractivity contribution in [3.63, 3.8) is 0 Å². The minimum atomic E-state index is -5.40. The minimum absolute atomic E-state index is 0.0410. The molecular formula is C16H20ClF3N4O4S2. The molecular weight excluding hydrogens is 469 g/mol. The number of nitrogens with one attached hydrogen (secondary N) is 1. The van der Waals surface area contributed by atoms with Crippen LogP contribution in [0.25, 0.3) is 0 Å². The molecule has 2 aliphatic heterocycles. The van der Waals surface area contributed by atoms with Crippen molar-refractivity contribution in [3.05, 3.63) is 30.3 Å². The lowest BCUT2D eigenvalue weighted by atomic mass is 10.2. The number of carbonyl (C=O) groups is 1. The van der Waals surface area contributed by atoms with Crippen molar-refractivity contribution in [1.29, 1.82) is 0 Å². The van der Waals surface area contributed by atoms with Crippen LogP contribution in [0.3, 0.4) is 0 Å². The van der Waals surface area contributed by atoms with Crippen LogP contribution >= 0.6 is 23.5 Å². The quantitative estimate of drug-likeness (QED) is 0.369. The van der Waals surface area contributed by atoms with E-state index in [4.69, 9.17) is 11.8 Å². The molecule has 2 saturated heterocycles. The van der Waals surface area contributed by atoms with Gasteiger partial charge in [-0.05, 0) is 43.9 Å². The molecule has 30 heavy (non-hydrogen) atoms. The highest BCUT2D eigenvalue weighted by atomic mass is 35.5. The van der Waals surface area contributed by atoms with Gasteiger partial charge in [0, 0.05) is 22.8 Å². The van der Waals surface area contributed by atoms with Gasteiger partial charge in [0.2, 0.25) is 5.79 Å². The lowest BCUT2D eigenvalue weighted by Gasteiger charge is -2.48. The van der Waals surface area contributed by atoms with Crippen molar-refractivity contribution in [2.75, 3.05) is 31.8 Å². The summed E-state index contributed by atoms with van der Waals surface area (Å²) in [5, 5.41) is 3.12. The molecule has 1 N–H and O–H groups in total. The first-order chi connectivity index (χ1) is 14.0. The van der Waals surface area contributed by atoms with E-state index in [9.17, 15) is 26.4 Å². The summed E-state index contributed by atoms with van der Waals surface area (Å²) in [4.78, 5) is 17.5. The monoisotopic (exact) mass is 488 g/mol. The normalized spacial score (nSPS) is 25.9. The van der Waals surface area contributed by atoms with Crippen molar-refractivity contribution >= 4 is 39.5 Å². The first-order valence-corrected chi connectivity index (χ1v) is 11.8. The van der Waals surface area contributed by atoms with Crippen LogP contribution in [-0.2, 0) is 19.7 Å². The summed E-state index contributed by atoms with van der Waals surface area (Å²) in [6.45, 7) is 1.12. The molecule has 168 valence electrons. The van der Waals surface area contributed by atoms with Crippen LogP contribution in [-0.4, -0.2) is 77.9 Å². The van der Waals surface area contributed by atoms with Crippen LogP contribution < -0.4 is 5.32 Å². The molecule has 1 aromatic carbocycles. The predicted octanol–water partition coefficient (Wildman–Crippen LogP) is 1.81. The number of thioether (sulfide) groups is 1. The Morgan fingerprint density at radius 1 is 1.37 bits per heavy atom. The van der Waals surface area contributed by atoms with Gasteiger partial charge in [-0.2, -0.15) is 17.6 Å². The highest BCUT2D eigenvalue weighted by Gasteiger charge is 2.60. The molecule has 0 radical (unpaired) electrons. The van der Waals surface area contributed by atoms with Crippen molar-refractivity contribution in [3.8, 4) is 0 Å². The number of hydrogen-bond acceptors (Lipinski definition) is 8. The molecule has 2 aliphatic rings. The Labute approximate surface area is 181 Å². The smallest absolute Gasteiger partial charge is 0.342 e. The van der Waals surface area contributed by atoms with Gasteiger partial charge < -0.3 is 10.2 Å². The Bertz CT molecular complexity index is 871. The summed E-state index contributed by atoms with van der Waals surface area (Å²) in [7, 11) is -3.17. The van der Waals surface area contributed by atoms with E-state index in [1.165, 1.54) is 36.0 Å². The van der Waals surface area contributed by atoms with E-state index in [0.29, 0.717) is 19.5 Å². The summed E-state index contributed by atoms with van der Waals surface area (Å²) < 4.78 is 67.1. The molecule has 0 aromatic heterocycles. The second kappa shape index (κ2) is 8.81. The van der Waals surface area contributed by atoms with Crippen molar-refractivity contribution < 1.29 is 31.2 Å². The predicted molar refractivity (Wildman–Crippen MR) is 104 cm³/mol.